The number of hydrogen-bond acceptors (Lipinski definition) is 6. The van der Waals surface area contributed by atoms with Crippen molar-refractivity contribution in [3.63, 3.8) is 0 Å². The smallest absolute Gasteiger partial charge is 0.161 e. The van der Waals surface area contributed by atoms with Gasteiger partial charge in [0.15, 0.2) is 11.5 Å². The molecule has 0 bridgehead atoms. The van der Waals surface area contributed by atoms with E-state index in [1.54, 1.807) is 0 Å². The summed E-state index contributed by atoms with van der Waals surface area (Å²) in [6.07, 6.45) is 0. The van der Waals surface area contributed by atoms with Gasteiger partial charge in [-0.3, -0.25) is 0 Å². The minimum absolute atomic E-state index is 0.301. The van der Waals surface area contributed by atoms with Crippen LogP contribution in [0.15, 0.2) is 84.9 Å². The van der Waals surface area contributed by atoms with Crippen LogP contribution in [0.5, 0.6) is 11.5 Å². The van der Waals surface area contributed by atoms with E-state index in [0.29, 0.717) is 36.1 Å². The van der Waals surface area contributed by atoms with E-state index >= 15 is 0 Å². The molecule has 5 rings (SSSR count). The fraction of sp³-hybridized carbons (Fsp3) is 0.0769. The Morgan fingerprint density at radius 2 is 1.00 bits per heavy atom. The third kappa shape index (κ3) is 3.98. The molecule has 5 aromatic rings. The highest BCUT2D eigenvalue weighted by Gasteiger charge is 2.08. The monoisotopic (exact) mass is 422 g/mol. The van der Waals surface area contributed by atoms with Gasteiger partial charge in [-0.15, -0.1) is 0 Å². The maximum Gasteiger partial charge on any atom is 0.161 e. The van der Waals surface area contributed by atoms with E-state index in [9.17, 15) is 0 Å². The van der Waals surface area contributed by atoms with Gasteiger partial charge in [-0.1, -0.05) is 48.5 Å². The lowest BCUT2D eigenvalue weighted by Crippen LogP contribution is -2.03. The minimum atomic E-state index is 0.301. The number of hydrogen-bond donors (Lipinski definition) is 2. The first-order valence-electron chi connectivity index (χ1n) is 10.3. The van der Waals surface area contributed by atoms with E-state index < -0.39 is 0 Å². The summed E-state index contributed by atoms with van der Waals surface area (Å²) in [5, 5.41) is 2.00. The fourth-order valence-corrected chi connectivity index (χ4v) is 3.57. The van der Waals surface area contributed by atoms with Crippen LogP contribution in [0.2, 0.25) is 0 Å². The Bertz CT molecular complexity index is 1310. The molecule has 2 heterocycles. The number of para-hydroxylation sites is 4. The molecule has 4 N–H and O–H groups in total. The van der Waals surface area contributed by atoms with Gasteiger partial charge in [0.25, 0.3) is 0 Å². The first-order chi connectivity index (χ1) is 15.7. The van der Waals surface area contributed by atoms with Gasteiger partial charge in [-0.2, -0.15) is 0 Å². The van der Waals surface area contributed by atoms with Crippen molar-refractivity contribution >= 4 is 33.2 Å². The molecule has 0 fully saturated rings. The predicted molar refractivity (Wildman–Crippen MR) is 127 cm³/mol. The Balaban J connectivity index is 1.31. The average Bonchev–Trinajstić information content (AvgIpc) is 2.83. The molecule has 0 saturated heterocycles. The first kappa shape index (κ1) is 19.6. The first-order valence-corrected chi connectivity index (χ1v) is 10.3. The number of benzene rings is 3. The van der Waals surface area contributed by atoms with Crippen LogP contribution in [0.25, 0.3) is 21.8 Å². The molecule has 0 atom stereocenters. The van der Waals surface area contributed by atoms with Gasteiger partial charge in [0, 0.05) is 10.8 Å². The molecule has 32 heavy (non-hydrogen) atoms. The largest absolute Gasteiger partial charge is 0.483 e. The summed E-state index contributed by atoms with van der Waals surface area (Å²) in [6.45, 7) is 0.602. The second kappa shape index (κ2) is 8.43. The standard InChI is InChI=1S/C26H22N4O2/c27-21-7-3-5-17-11-13-19(29-25(17)21)15-31-23-9-1-2-10-24(23)32-16-20-14-12-18-6-4-8-22(28)26(18)30-20/h1-14H,15-16,27-28H2. The number of fused-ring (bicyclic) bond motifs is 2. The third-order valence-corrected chi connectivity index (χ3v) is 5.22. The number of aromatic nitrogens is 2. The van der Waals surface area contributed by atoms with E-state index in [1.807, 2.05) is 84.9 Å². The van der Waals surface area contributed by atoms with Gasteiger partial charge in [0.1, 0.15) is 13.2 Å². The van der Waals surface area contributed by atoms with Gasteiger partial charge < -0.3 is 20.9 Å². The van der Waals surface area contributed by atoms with Crippen LogP contribution in [0, 0.1) is 0 Å². The molecule has 6 nitrogen and oxygen atoms in total. The third-order valence-electron chi connectivity index (χ3n) is 5.22. The van der Waals surface area contributed by atoms with E-state index in [1.165, 1.54) is 0 Å². The molecule has 0 aliphatic rings. The van der Waals surface area contributed by atoms with Crippen molar-refractivity contribution in [1.29, 1.82) is 0 Å². The van der Waals surface area contributed by atoms with Crippen LogP contribution in [0.4, 0.5) is 11.4 Å². The summed E-state index contributed by atoms with van der Waals surface area (Å²) in [7, 11) is 0. The molecule has 0 aliphatic carbocycles. The summed E-state index contributed by atoms with van der Waals surface area (Å²) in [5.41, 5.74) is 16.5. The van der Waals surface area contributed by atoms with Gasteiger partial charge in [-0.25, -0.2) is 9.97 Å². The maximum absolute atomic E-state index is 6.06. The predicted octanol–water partition coefficient (Wildman–Crippen LogP) is 5.11. The Hall–Kier alpha value is -4.32. The molecular weight excluding hydrogens is 400 g/mol. The number of rotatable bonds is 6. The summed E-state index contributed by atoms with van der Waals surface area (Å²) < 4.78 is 12.0. The maximum atomic E-state index is 6.06. The van der Waals surface area contributed by atoms with Crippen molar-refractivity contribution in [2.45, 2.75) is 13.2 Å². The topological polar surface area (TPSA) is 96.3 Å². The van der Waals surface area contributed by atoms with Crippen LogP contribution in [-0.2, 0) is 13.2 Å². The highest BCUT2D eigenvalue weighted by atomic mass is 16.5. The van der Waals surface area contributed by atoms with Crippen LogP contribution >= 0.6 is 0 Å². The van der Waals surface area contributed by atoms with Crippen LogP contribution in [0.3, 0.4) is 0 Å². The number of nitrogen functional groups attached to an aromatic ring is 2. The van der Waals surface area contributed by atoms with Crippen molar-refractivity contribution < 1.29 is 9.47 Å². The van der Waals surface area contributed by atoms with E-state index in [-0.39, 0.29) is 0 Å². The van der Waals surface area contributed by atoms with Crippen molar-refractivity contribution in [2.24, 2.45) is 0 Å². The molecular formula is C26H22N4O2. The van der Waals surface area contributed by atoms with E-state index in [2.05, 4.69) is 9.97 Å². The molecule has 0 unspecified atom stereocenters. The SMILES string of the molecule is Nc1cccc2ccc(COc3ccccc3OCc3ccc4cccc(N)c4n3)nc12. The van der Waals surface area contributed by atoms with Gasteiger partial charge in [0.2, 0.25) is 0 Å². The van der Waals surface area contributed by atoms with Crippen LogP contribution in [0.1, 0.15) is 11.4 Å². The Kier molecular flexibility index (Phi) is 5.17. The molecule has 6 heteroatoms. The lowest BCUT2D eigenvalue weighted by Gasteiger charge is -2.13. The highest BCUT2D eigenvalue weighted by molar-refractivity contribution is 5.89. The van der Waals surface area contributed by atoms with Crippen molar-refractivity contribution in [3.8, 4) is 11.5 Å². The van der Waals surface area contributed by atoms with Gasteiger partial charge >= 0.3 is 0 Å². The lowest BCUT2D eigenvalue weighted by atomic mass is 10.2. The number of pyridine rings is 2. The van der Waals surface area contributed by atoms with Crippen molar-refractivity contribution in [3.05, 3.63) is 96.3 Å². The van der Waals surface area contributed by atoms with Gasteiger partial charge in [0.05, 0.1) is 33.8 Å². The van der Waals surface area contributed by atoms with E-state index in [4.69, 9.17) is 20.9 Å². The molecule has 3 aromatic carbocycles. The Morgan fingerprint density at radius 3 is 1.47 bits per heavy atom. The summed E-state index contributed by atoms with van der Waals surface area (Å²) in [4.78, 5) is 9.28. The highest BCUT2D eigenvalue weighted by Crippen LogP contribution is 2.29. The molecule has 0 amide bonds. The molecule has 0 radical (unpaired) electrons. The second-order valence-electron chi connectivity index (χ2n) is 7.47. The lowest BCUT2D eigenvalue weighted by molar-refractivity contribution is 0.252. The fourth-order valence-electron chi connectivity index (χ4n) is 3.57. The minimum Gasteiger partial charge on any atom is -0.483 e. The zero-order valence-electron chi connectivity index (χ0n) is 17.4. The Labute approximate surface area is 185 Å². The molecule has 2 aromatic heterocycles. The molecule has 158 valence electrons. The number of anilines is 2. The number of ether oxygens (including phenoxy) is 2. The number of nitrogens with zero attached hydrogens (tertiary/aromatic N) is 2. The summed E-state index contributed by atoms with van der Waals surface area (Å²) >= 11 is 0. The van der Waals surface area contributed by atoms with Crippen LogP contribution < -0.4 is 20.9 Å². The normalized spacial score (nSPS) is 11.0. The zero-order valence-corrected chi connectivity index (χ0v) is 17.4. The van der Waals surface area contributed by atoms with Crippen molar-refractivity contribution in [2.75, 3.05) is 11.5 Å². The summed E-state index contributed by atoms with van der Waals surface area (Å²) in [5.74, 6) is 1.27. The van der Waals surface area contributed by atoms with Crippen LogP contribution in [-0.4, -0.2) is 9.97 Å². The van der Waals surface area contributed by atoms with Crippen molar-refractivity contribution in [1.82, 2.24) is 9.97 Å². The zero-order chi connectivity index (χ0) is 21.9. The quantitative estimate of drug-likeness (QED) is 0.369. The average molecular weight is 422 g/mol. The second-order valence-corrected chi connectivity index (χ2v) is 7.47. The molecule has 0 saturated carbocycles. The molecule has 0 spiro atoms. The van der Waals surface area contributed by atoms with Gasteiger partial charge in [-0.05, 0) is 36.4 Å². The Morgan fingerprint density at radius 1 is 0.531 bits per heavy atom. The van der Waals surface area contributed by atoms with E-state index in [0.717, 1.165) is 33.2 Å². The number of nitrogens with two attached hydrogens (primary N) is 2. The summed E-state index contributed by atoms with van der Waals surface area (Å²) in [6, 6.07) is 26.9. The molecule has 0 aliphatic heterocycles.